The molecule has 0 radical (unpaired) electrons. The molecule has 100 valence electrons. The second-order valence-corrected chi connectivity index (χ2v) is 5.90. The second-order valence-electron chi connectivity index (χ2n) is 4.96. The predicted octanol–water partition coefficient (Wildman–Crippen LogP) is 2.76. The fraction of sp³-hybridized carbons (Fsp3) is 0.400. The lowest BCUT2D eigenvalue weighted by molar-refractivity contribution is 0.313. The third-order valence-corrected chi connectivity index (χ3v) is 4.95. The molecule has 0 spiro atoms. The van der Waals surface area contributed by atoms with Crippen molar-refractivity contribution in [1.29, 1.82) is 0 Å². The van der Waals surface area contributed by atoms with Gasteiger partial charge in [0.2, 0.25) is 0 Å². The highest BCUT2D eigenvalue weighted by molar-refractivity contribution is 7.09. The molecule has 1 atom stereocenters. The second kappa shape index (κ2) is 4.94. The Morgan fingerprint density at radius 3 is 3.11 bits per heavy atom. The molecule has 0 saturated heterocycles. The molecule has 4 heteroatoms. The van der Waals surface area contributed by atoms with Gasteiger partial charge < -0.3 is 10.1 Å². The van der Waals surface area contributed by atoms with Crippen LogP contribution in [0.25, 0.3) is 0 Å². The third kappa shape index (κ3) is 2.15. The molecule has 19 heavy (non-hydrogen) atoms. The lowest BCUT2D eigenvalue weighted by atomic mass is 9.78. The molecule has 1 aromatic carbocycles. The van der Waals surface area contributed by atoms with E-state index < -0.39 is 0 Å². The van der Waals surface area contributed by atoms with Gasteiger partial charge in [-0.2, -0.15) is 0 Å². The summed E-state index contributed by atoms with van der Waals surface area (Å²) in [5.74, 6) is 0.919. The normalized spacial score (nSPS) is 22.0. The molecule has 0 saturated carbocycles. The van der Waals surface area contributed by atoms with E-state index in [1.54, 1.807) is 18.4 Å². The first-order valence-corrected chi connectivity index (χ1v) is 7.40. The summed E-state index contributed by atoms with van der Waals surface area (Å²) in [7, 11) is 3.76. The number of nitrogens with one attached hydrogen (secondary N) is 1. The summed E-state index contributed by atoms with van der Waals surface area (Å²) < 4.78 is 5.35. The molecule has 0 bridgehead atoms. The van der Waals surface area contributed by atoms with E-state index in [2.05, 4.69) is 28.5 Å². The van der Waals surface area contributed by atoms with Crippen LogP contribution in [-0.4, -0.2) is 19.1 Å². The monoisotopic (exact) mass is 274 g/mol. The highest BCUT2D eigenvalue weighted by atomic mass is 32.1. The van der Waals surface area contributed by atoms with Gasteiger partial charge in [0, 0.05) is 16.8 Å². The largest absolute Gasteiger partial charge is 0.497 e. The van der Waals surface area contributed by atoms with Gasteiger partial charge in [0.05, 0.1) is 18.3 Å². The number of benzene rings is 1. The van der Waals surface area contributed by atoms with Crippen molar-refractivity contribution in [1.82, 2.24) is 10.3 Å². The molecule has 1 aromatic heterocycles. The van der Waals surface area contributed by atoms with Crippen molar-refractivity contribution in [3.8, 4) is 5.75 Å². The number of hydrogen-bond donors (Lipinski definition) is 1. The summed E-state index contributed by atoms with van der Waals surface area (Å²) in [5, 5.41) is 3.54. The quantitative estimate of drug-likeness (QED) is 0.934. The number of aromatic nitrogens is 1. The SMILES string of the molecule is CNC1(c2cccc(OC)c2)CCc2ncsc2C1. The smallest absolute Gasteiger partial charge is 0.119 e. The fourth-order valence-electron chi connectivity index (χ4n) is 2.86. The van der Waals surface area contributed by atoms with Crippen LogP contribution in [0, 0.1) is 0 Å². The van der Waals surface area contributed by atoms with Gasteiger partial charge in [-0.1, -0.05) is 12.1 Å². The van der Waals surface area contributed by atoms with Crippen molar-refractivity contribution < 1.29 is 4.74 Å². The molecule has 3 nitrogen and oxygen atoms in total. The minimum atomic E-state index is 0.00801. The molecular weight excluding hydrogens is 256 g/mol. The Labute approximate surface area is 117 Å². The maximum atomic E-state index is 5.35. The van der Waals surface area contributed by atoms with Gasteiger partial charge in [-0.25, -0.2) is 4.98 Å². The molecule has 1 aliphatic rings. The van der Waals surface area contributed by atoms with Crippen molar-refractivity contribution in [2.75, 3.05) is 14.2 Å². The zero-order valence-corrected chi connectivity index (χ0v) is 12.1. The molecule has 1 unspecified atom stereocenters. The van der Waals surface area contributed by atoms with E-state index in [4.69, 9.17) is 4.74 Å². The fourth-order valence-corrected chi connectivity index (χ4v) is 3.79. The van der Waals surface area contributed by atoms with Gasteiger partial charge in [-0.15, -0.1) is 11.3 Å². The van der Waals surface area contributed by atoms with Gasteiger partial charge in [-0.05, 0) is 37.6 Å². The van der Waals surface area contributed by atoms with E-state index >= 15 is 0 Å². The number of fused-ring (bicyclic) bond motifs is 1. The Kier molecular flexibility index (Phi) is 3.29. The Bertz CT molecular complexity index is 581. The summed E-state index contributed by atoms with van der Waals surface area (Å²) in [4.78, 5) is 5.86. The van der Waals surface area contributed by atoms with Crippen LogP contribution in [0.5, 0.6) is 5.75 Å². The van der Waals surface area contributed by atoms with Gasteiger partial charge in [0.1, 0.15) is 5.75 Å². The Morgan fingerprint density at radius 1 is 1.42 bits per heavy atom. The van der Waals surface area contributed by atoms with Crippen molar-refractivity contribution in [3.63, 3.8) is 0 Å². The standard InChI is InChI=1S/C15H18N2OS/c1-16-15(11-4-3-5-12(8-11)18-2)7-6-13-14(9-15)19-10-17-13/h3-5,8,10,16H,6-7,9H2,1-2H3. The first-order chi connectivity index (χ1) is 9.27. The van der Waals surface area contributed by atoms with E-state index in [0.717, 1.165) is 25.0 Å². The maximum Gasteiger partial charge on any atom is 0.119 e. The minimum absolute atomic E-state index is 0.00801. The highest BCUT2D eigenvalue weighted by Gasteiger charge is 2.36. The number of methoxy groups -OCH3 is 1. The summed E-state index contributed by atoms with van der Waals surface area (Å²) >= 11 is 1.77. The third-order valence-electron chi connectivity index (χ3n) is 4.08. The zero-order chi connectivity index (χ0) is 13.3. The van der Waals surface area contributed by atoms with E-state index in [9.17, 15) is 0 Å². The lowest BCUT2D eigenvalue weighted by Gasteiger charge is -2.37. The Hall–Kier alpha value is -1.39. The van der Waals surface area contributed by atoms with Crippen molar-refractivity contribution >= 4 is 11.3 Å². The van der Waals surface area contributed by atoms with Crippen LogP contribution in [0.3, 0.4) is 0 Å². The van der Waals surface area contributed by atoms with E-state index in [1.165, 1.54) is 16.1 Å². The van der Waals surface area contributed by atoms with Crippen LogP contribution in [0.2, 0.25) is 0 Å². The minimum Gasteiger partial charge on any atom is -0.497 e. The van der Waals surface area contributed by atoms with E-state index in [-0.39, 0.29) is 5.54 Å². The van der Waals surface area contributed by atoms with Crippen LogP contribution in [0.1, 0.15) is 22.6 Å². The van der Waals surface area contributed by atoms with Crippen molar-refractivity contribution in [2.45, 2.75) is 24.8 Å². The first kappa shape index (κ1) is 12.6. The van der Waals surface area contributed by atoms with E-state index in [1.807, 2.05) is 18.6 Å². The number of likely N-dealkylation sites (N-methyl/N-ethyl adjacent to an activating group) is 1. The van der Waals surface area contributed by atoms with Crippen molar-refractivity contribution in [3.05, 3.63) is 45.9 Å². The van der Waals surface area contributed by atoms with Crippen LogP contribution in [-0.2, 0) is 18.4 Å². The Balaban J connectivity index is 2.00. The molecule has 0 fully saturated rings. The molecular formula is C15H18N2OS. The van der Waals surface area contributed by atoms with Crippen LogP contribution in [0.15, 0.2) is 29.8 Å². The number of aryl methyl sites for hydroxylation is 1. The van der Waals surface area contributed by atoms with Crippen molar-refractivity contribution in [2.24, 2.45) is 0 Å². The molecule has 0 aliphatic heterocycles. The van der Waals surface area contributed by atoms with Gasteiger partial charge in [0.15, 0.2) is 0 Å². The number of ether oxygens (including phenoxy) is 1. The summed E-state index contributed by atoms with van der Waals surface area (Å²) in [6.45, 7) is 0. The molecule has 0 amide bonds. The topological polar surface area (TPSA) is 34.1 Å². The predicted molar refractivity (Wildman–Crippen MR) is 77.9 cm³/mol. The number of hydrogen-bond acceptors (Lipinski definition) is 4. The Morgan fingerprint density at radius 2 is 2.32 bits per heavy atom. The van der Waals surface area contributed by atoms with Gasteiger partial charge in [0.25, 0.3) is 0 Å². The highest BCUT2D eigenvalue weighted by Crippen LogP contribution is 2.38. The maximum absolute atomic E-state index is 5.35. The molecule has 1 aliphatic carbocycles. The summed E-state index contributed by atoms with van der Waals surface area (Å²) in [6, 6.07) is 8.39. The zero-order valence-electron chi connectivity index (χ0n) is 11.3. The number of thiazole rings is 1. The molecule has 1 N–H and O–H groups in total. The van der Waals surface area contributed by atoms with Gasteiger partial charge in [-0.3, -0.25) is 0 Å². The van der Waals surface area contributed by atoms with Crippen LogP contribution in [0.4, 0.5) is 0 Å². The number of nitrogens with zero attached hydrogens (tertiary/aromatic N) is 1. The van der Waals surface area contributed by atoms with Crippen LogP contribution >= 0.6 is 11.3 Å². The average Bonchev–Trinajstić information content (AvgIpc) is 2.94. The molecule has 3 rings (SSSR count). The molecule has 1 heterocycles. The number of rotatable bonds is 3. The average molecular weight is 274 g/mol. The first-order valence-electron chi connectivity index (χ1n) is 6.52. The lowest BCUT2D eigenvalue weighted by Crippen LogP contribution is -2.44. The van der Waals surface area contributed by atoms with Gasteiger partial charge >= 0.3 is 0 Å². The summed E-state index contributed by atoms with van der Waals surface area (Å²) in [6.07, 6.45) is 3.13. The van der Waals surface area contributed by atoms with Crippen LogP contribution < -0.4 is 10.1 Å². The molecule has 2 aromatic rings. The summed E-state index contributed by atoms with van der Waals surface area (Å²) in [5.41, 5.74) is 4.54. The van der Waals surface area contributed by atoms with E-state index in [0.29, 0.717) is 0 Å².